The summed E-state index contributed by atoms with van der Waals surface area (Å²) in [6.07, 6.45) is 0. The molecule has 0 aliphatic rings. The Hall–Kier alpha value is -1.88. The number of aryl methyl sites for hydroxylation is 1. The van der Waals surface area contributed by atoms with Crippen LogP contribution in [0, 0.1) is 6.92 Å². The van der Waals surface area contributed by atoms with Crippen molar-refractivity contribution in [1.29, 1.82) is 0 Å². The van der Waals surface area contributed by atoms with Gasteiger partial charge < -0.3 is 10.5 Å². The summed E-state index contributed by atoms with van der Waals surface area (Å²) in [7, 11) is 0. The van der Waals surface area contributed by atoms with E-state index in [4.69, 9.17) is 10.5 Å². The average molecular weight is 349 g/mol. The van der Waals surface area contributed by atoms with Gasteiger partial charge in [0.1, 0.15) is 11.3 Å². The fourth-order valence-electron chi connectivity index (χ4n) is 1.97. The minimum Gasteiger partial charge on any atom is -0.438 e. The van der Waals surface area contributed by atoms with Crippen molar-refractivity contribution in [3.63, 3.8) is 0 Å². The summed E-state index contributed by atoms with van der Waals surface area (Å²) in [6, 6.07) is 9.11. The standard InChI is InChI=1S/C16H17BrN2O2/c1-9(2)13-8-11(17)5-7-14(13)21-16-12(15(18)20)6-4-10(3)19-16/h4-9H,1-3H3,(H2,18,20). The second-order valence-corrected chi connectivity index (χ2v) is 6.02. The lowest BCUT2D eigenvalue weighted by atomic mass is 10.0. The lowest BCUT2D eigenvalue weighted by molar-refractivity contribution is 0.0997. The Kier molecular flexibility index (Phi) is 4.63. The van der Waals surface area contributed by atoms with Crippen LogP contribution in [0.4, 0.5) is 0 Å². The maximum Gasteiger partial charge on any atom is 0.254 e. The summed E-state index contributed by atoms with van der Waals surface area (Å²) >= 11 is 3.45. The molecule has 1 aromatic carbocycles. The molecule has 2 N–H and O–H groups in total. The zero-order valence-corrected chi connectivity index (χ0v) is 13.8. The van der Waals surface area contributed by atoms with Crippen LogP contribution in [0.15, 0.2) is 34.8 Å². The Morgan fingerprint density at radius 3 is 2.62 bits per heavy atom. The van der Waals surface area contributed by atoms with Crippen molar-refractivity contribution < 1.29 is 9.53 Å². The van der Waals surface area contributed by atoms with E-state index in [0.717, 1.165) is 15.7 Å². The van der Waals surface area contributed by atoms with E-state index >= 15 is 0 Å². The third-order valence-corrected chi connectivity index (χ3v) is 3.56. The summed E-state index contributed by atoms with van der Waals surface area (Å²) in [5.41, 5.74) is 7.44. The highest BCUT2D eigenvalue weighted by Gasteiger charge is 2.15. The van der Waals surface area contributed by atoms with Crippen LogP contribution in [-0.4, -0.2) is 10.9 Å². The third kappa shape index (κ3) is 3.61. The van der Waals surface area contributed by atoms with Gasteiger partial charge >= 0.3 is 0 Å². The number of ether oxygens (including phenoxy) is 1. The second-order valence-electron chi connectivity index (χ2n) is 5.11. The number of nitrogens with zero attached hydrogens (tertiary/aromatic N) is 1. The molecule has 1 amide bonds. The minimum atomic E-state index is -0.555. The Bertz CT molecular complexity index is 684. The van der Waals surface area contributed by atoms with Crippen LogP contribution in [-0.2, 0) is 0 Å². The summed E-state index contributed by atoms with van der Waals surface area (Å²) in [6.45, 7) is 5.99. The van der Waals surface area contributed by atoms with Gasteiger partial charge in [0.05, 0.1) is 0 Å². The lowest BCUT2D eigenvalue weighted by Gasteiger charge is -2.15. The number of carbonyl (C=O) groups excluding carboxylic acids is 1. The molecule has 0 bridgehead atoms. The number of amides is 1. The number of carbonyl (C=O) groups is 1. The Balaban J connectivity index is 2.47. The van der Waals surface area contributed by atoms with E-state index in [1.807, 2.05) is 25.1 Å². The molecule has 110 valence electrons. The monoisotopic (exact) mass is 348 g/mol. The molecule has 0 atom stereocenters. The first kappa shape index (κ1) is 15.5. The maximum absolute atomic E-state index is 11.5. The summed E-state index contributed by atoms with van der Waals surface area (Å²) in [5, 5.41) is 0. The Labute approximate surface area is 132 Å². The summed E-state index contributed by atoms with van der Waals surface area (Å²) < 4.78 is 6.84. The van der Waals surface area contributed by atoms with Crippen molar-refractivity contribution in [3.05, 3.63) is 51.6 Å². The van der Waals surface area contributed by atoms with Gasteiger partial charge in [-0.25, -0.2) is 4.98 Å². The van der Waals surface area contributed by atoms with Crippen LogP contribution in [0.25, 0.3) is 0 Å². The number of halogens is 1. The normalized spacial score (nSPS) is 10.7. The van der Waals surface area contributed by atoms with E-state index < -0.39 is 5.91 Å². The molecule has 1 heterocycles. The molecule has 2 rings (SSSR count). The zero-order chi connectivity index (χ0) is 15.6. The molecular weight excluding hydrogens is 332 g/mol. The number of benzene rings is 1. The van der Waals surface area contributed by atoms with Crippen LogP contribution in [0.1, 0.15) is 41.4 Å². The van der Waals surface area contributed by atoms with Gasteiger partial charge in [-0.05, 0) is 48.7 Å². The molecule has 0 saturated carbocycles. The van der Waals surface area contributed by atoms with Crippen LogP contribution >= 0.6 is 15.9 Å². The number of pyridine rings is 1. The van der Waals surface area contributed by atoms with Crippen molar-refractivity contribution in [2.75, 3.05) is 0 Å². The van der Waals surface area contributed by atoms with Crippen molar-refractivity contribution in [3.8, 4) is 11.6 Å². The highest BCUT2D eigenvalue weighted by Crippen LogP contribution is 2.33. The van der Waals surface area contributed by atoms with Gasteiger partial charge in [-0.2, -0.15) is 0 Å². The molecule has 4 nitrogen and oxygen atoms in total. The number of hydrogen-bond donors (Lipinski definition) is 1. The maximum atomic E-state index is 11.5. The zero-order valence-electron chi connectivity index (χ0n) is 12.2. The van der Waals surface area contributed by atoms with Crippen molar-refractivity contribution in [2.45, 2.75) is 26.7 Å². The van der Waals surface area contributed by atoms with Gasteiger partial charge in [-0.1, -0.05) is 29.8 Å². The topological polar surface area (TPSA) is 65.2 Å². The Morgan fingerprint density at radius 2 is 2.00 bits per heavy atom. The van der Waals surface area contributed by atoms with Crippen LogP contribution < -0.4 is 10.5 Å². The number of aromatic nitrogens is 1. The van der Waals surface area contributed by atoms with E-state index in [9.17, 15) is 4.79 Å². The number of rotatable bonds is 4. The first-order chi connectivity index (χ1) is 9.88. The van der Waals surface area contributed by atoms with Gasteiger partial charge in [0.2, 0.25) is 5.88 Å². The predicted octanol–water partition coefficient (Wildman–Crippen LogP) is 4.17. The molecule has 21 heavy (non-hydrogen) atoms. The minimum absolute atomic E-state index is 0.242. The first-order valence-electron chi connectivity index (χ1n) is 6.63. The predicted molar refractivity (Wildman–Crippen MR) is 85.8 cm³/mol. The SMILES string of the molecule is Cc1ccc(C(N)=O)c(Oc2ccc(Br)cc2C(C)C)n1. The van der Waals surface area contributed by atoms with Gasteiger partial charge in [-0.15, -0.1) is 0 Å². The molecular formula is C16H17BrN2O2. The molecule has 5 heteroatoms. The smallest absolute Gasteiger partial charge is 0.254 e. The largest absolute Gasteiger partial charge is 0.438 e. The molecule has 0 saturated heterocycles. The summed E-state index contributed by atoms with van der Waals surface area (Å²) in [5.74, 6) is 0.639. The van der Waals surface area contributed by atoms with Crippen molar-refractivity contribution >= 4 is 21.8 Å². The van der Waals surface area contributed by atoms with Gasteiger partial charge in [0, 0.05) is 10.2 Å². The molecule has 0 aliphatic heterocycles. The van der Waals surface area contributed by atoms with E-state index in [0.29, 0.717) is 5.75 Å². The molecule has 0 fully saturated rings. The summed E-state index contributed by atoms with van der Waals surface area (Å²) in [4.78, 5) is 15.8. The lowest BCUT2D eigenvalue weighted by Crippen LogP contribution is -2.13. The van der Waals surface area contributed by atoms with E-state index in [2.05, 4.69) is 34.8 Å². The van der Waals surface area contributed by atoms with E-state index in [1.54, 1.807) is 12.1 Å². The fraction of sp³-hybridized carbons (Fsp3) is 0.250. The molecule has 0 radical (unpaired) electrons. The average Bonchev–Trinajstić information content (AvgIpc) is 2.40. The van der Waals surface area contributed by atoms with Crippen molar-refractivity contribution in [2.24, 2.45) is 5.73 Å². The Morgan fingerprint density at radius 1 is 1.29 bits per heavy atom. The van der Waals surface area contributed by atoms with Gasteiger partial charge in [0.15, 0.2) is 0 Å². The number of nitrogens with two attached hydrogens (primary N) is 1. The van der Waals surface area contributed by atoms with Crippen LogP contribution in [0.2, 0.25) is 0 Å². The third-order valence-electron chi connectivity index (χ3n) is 3.07. The quantitative estimate of drug-likeness (QED) is 0.901. The number of hydrogen-bond acceptors (Lipinski definition) is 3. The second kappa shape index (κ2) is 6.26. The number of primary amides is 1. The van der Waals surface area contributed by atoms with E-state index in [-0.39, 0.29) is 17.4 Å². The van der Waals surface area contributed by atoms with Crippen LogP contribution in [0.5, 0.6) is 11.6 Å². The molecule has 2 aromatic rings. The molecule has 0 spiro atoms. The first-order valence-corrected chi connectivity index (χ1v) is 7.42. The fourth-order valence-corrected chi connectivity index (χ4v) is 2.34. The van der Waals surface area contributed by atoms with Crippen molar-refractivity contribution in [1.82, 2.24) is 4.98 Å². The molecule has 1 aromatic heterocycles. The molecule has 0 aliphatic carbocycles. The highest BCUT2D eigenvalue weighted by atomic mass is 79.9. The van der Waals surface area contributed by atoms with Gasteiger partial charge in [-0.3, -0.25) is 4.79 Å². The van der Waals surface area contributed by atoms with E-state index in [1.165, 1.54) is 0 Å². The van der Waals surface area contributed by atoms with Crippen LogP contribution in [0.3, 0.4) is 0 Å². The highest BCUT2D eigenvalue weighted by molar-refractivity contribution is 9.10. The van der Waals surface area contributed by atoms with Gasteiger partial charge in [0.25, 0.3) is 5.91 Å². The molecule has 0 unspecified atom stereocenters.